The summed E-state index contributed by atoms with van der Waals surface area (Å²) in [4.78, 5) is 5.96. The normalized spacial score (nSPS) is 18.5. The molecule has 0 amide bonds. The molecule has 0 saturated carbocycles. The maximum atomic E-state index is 4.51. The molecule has 1 unspecified atom stereocenters. The zero-order valence-electron chi connectivity index (χ0n) is 9.68. The smallest absolute Gasteiger partial charge is 0.0981 e. The minimum atomic E-state index is 0.169. The highest BCUT2D eigenvalue weighted by atomic mass is 32.1. The second kappa shape index (κ2) is 4.34. The Labute approximate surface area is 105 Å². The number of nitrogens with zero attached hydrogens (tertiary/aromatic N) is 1. The monoisotopic (exact) mass is 242 g/mol. The van der Waals surface area contributed by atoms with E-state index in [9.17, 15) is 0 Å². The molecule has 1 aliphatic rings. The fourth-order valence-electron chi connectivity index (χ4n) is 2.24. The fourth-order valence-corrected chi connectivity index (χ4v) is 3.42. The van der Waals surface area contributed by atoms with Crippen LogP contribution in [-0.4, -0.2) is 6.34 Å². The number of rotatable bonds is 2. The van der Waals surface area contributed by atoms with E-state index in [4.69, 9.17) is 0 Å². The molecular formula is C14H14N2S. The van der Waals surface area contributed by atoms with Gasteiger partial charge in [0.15, 0.2) is 0 Å². The number of hydrogen-bond acceptors (Lipinski definition) is 3. The molecule has 3 heteroatoms. The molecule has 0 aliphatic carbocycles. The van der Waals surface area contributed by atoms with Gasteiger partial charge >= 0.3 is 0 Å². The van der Waals surface area contributed by atoms with Crippen molar-refractivity contribution in [1.82, 2.24) is 5.32 Å². The van der Waals surface area contributed by atoms with Gasteiger partial charge in [-0.2, -0.15) is 0 Å². The predicted molar refractivity (Wildman–Crippen MR) is 74.7 cm³/mol. The van der Waals surface area contributed by atoms with Crippen LogP contribution in [-0.2, 0) is 6.42 Å². The third-order valence-corrected chi connectivity index (χ3v) is 4.34. The van der Waals surface area contributed by atoms with Crippen LogP contribution in [0, 0.1) is 0 Å². The molecule has 0 fully saturated rings. The molecule has 0 bridgehead atoms. The predicted octanol–water partition coefficient (Wildman–Crippen LogP) is 3.65. The first-order valence-electron chi connectivity index (χ1n) is 5.85. The van der Waals surface area contributed by atoms with Crippen LogP contribution in [0.1, 0.15) is 23.4 Å². The van der Waals surface area contributed by atoms with Crippen LogP contribution in [0.5, 0.6) is 0 Å². The van der Waals surface area contributed by atoms with Gasteiger partial charge in [-0.3, -0.25) is 4.99 Å². The highest BCUT2D eigenvalue weighted by molar-refractivity contribution is 7.19. The summed E-state index contributed by atoms with van der Waals surface area (Å²) >= 11 is 1.89. The van der Waals surface area contributed by atoms with Gasteiger partial charge in [0.1, 0.15) is 0 Å². The molecule has 17 heavy (non-hydrogen) atoms. The van der Waals surface area contributed by atoms with E-state index in [0.29, 0.717) is 0 Å². The largest absolute Gasteiger partial charge is 0.353 e. The molecule has 0 saturated heterocycles. The van der Waals surface area contributed by atoms with E-state index in [1.165, 1.54) is 20.5 Å². The van der Waals surface area contributed by atoms with Gasteiger partial charge in [0.25, 0.3) is 0 Å². The van der Waals surface area contributed by atoms with Crippen LogP contribution in [0.25, 0.3) is 10.1 Å². The number of benzene rings is 1. The van der Waals surface area contributed by atoms with Crippen LogP contribution in [0.3, 0.4) is 0 Å². The summed E-state index contributed by atoms with van der Waals surface area (Å²) in [6.45, 7) is 2.21. The summed E-state index contributed by atoms with van der Waals surface area (Å²) in [5.74, 6) is 0. The standard InChI is InChI=1S/C14H14N2S/c1-2-12-14(11-7-8-15-9-16-11)10-5-3-4-6-13(10)17-12/h3-9,11H,2H2,1H3,(H,15,16). The van der Waals surface area contributed by atoms with Crippen LogP contribution in [0.2, 0.25) is 0 Å². The first kappa shape index (κ1) is 10.5. The highest BCUT2D eigenvalue weighted by Gasteiger charge is 2.17. The molecule has 0 spiro atoms. The minimum Gasteiger partial charge on any atom is -0.353 e. The Hall–Kier alpha value is -1.61. The molecule has 2 aromatic rings. The van der Waals surface area contributed by atoms with Gasteiger partial charge in [-0.1, -0.05) is 25.1 Å². The highest BCUT2D eigenvalue weighted by Crippen LogP contribution is 2.37. The molecule has 1 N–H and O–H groups in total. The zero-order valence-corrected chi connectivity index (χ0v) is 10.5. The van der Waals surface area contributed by atoms with E-state index in [1.807, 2.05) is 17.5 Å². The summed E-state index contributed by atoms with van der Waals surface area (Å²) in [7, 11) is 0. The van der Waals surface area contributed by atoms with E-state index in [1.54, 1.807) is 6.34 Å². The molecule has 0 radical (unpaired) electrons. The van der Waals surface area contributed by atoms with Crippen LogP contribution in [0.15, 0.2) is 41.5 Å². The second-order valence-corrected chi connectivity index (χ2v) is 5.17. The summed E-state index contributed by atoms with van der Waals surface area (Å²) in [5.41, 5.74) is 1.38. The molecule has 1 aromatic heterocycles. The number of thiophene rings is 1. The van der Waals surface area contributed by atoms with Crippen LogP contribution < -0.4 is 5.32 Å². The second-order valence-electron chi connectivity index (χ2n) is 4.04. The Kier molecular flexibility index (Phi) is 2.69. The van der Waals surface area contributed by atoms with Gasteiger partial charge in [0.05, 0.1) is 12.4 Å². The quantitative estimate of drug-likeness (QED) is 0.854. The van der Waals surface area contributed by atoms with Crippen molar-refractivity contribution in [2.75, 3.05) is 0 Å². The van der Waals surface area contributed by atoms with Crippen molar-refractivity contribution >= 4 is 27.8 Å². The Balaban J connectivity index is 2.21. The van der Waals surface area contributed by atoms with Gasteiger partial charge in [0.2, 0.25) is 0 Å². The molecule has 1 aliphatic heterocycles. The van der Waals surface area contributed by atoms with Gasteiger partial charge in [-0.15, -0.1) is 11.3 Å². The van der Waals surface area contributed by atoms with Crippen LogP contribution >= 0.6 is 11.3 Å². The molecule has 1 atom stereocenters. The molecule has 2 nitrogen and oxygen atoms in total. The summed E-state index contributed by atoms with van der Waals surface area (Å²) in [5, 5.41) is 4.34. The average Bonchev–Trinajstić information content (AvgIpc) is 2.78. The summed E-state index contributed by atoms with van der Waals surface area (Å²) in [6, 6.07) is 8.77. The Morgan fingerprint density at radius 3 is 3.00 bits per heavy atom. The van der Waals surface area contributed by atoms with Crippen molar-refractivity contribution in [3.63, 3.8) is 0 Å². The average molecular weight is 242 g/mol. The lowest BCUT2D eigenvalue weighted by atomic mass is 10.0. The number of fused-ring (bicyclic) bond motifs is 1. The number of nitrogens with one attached hydrogen (secondary N) is 1. The maximum absolute atomic E-state index is 4.51. The SMILES string of the molecule is CCc1sc2ccccc2c1C1C=CNC=N1. The van der Waals surface area contributed by atoms with Crippen molar-refractivity contribution in [2.24, 2.45) is 4.99 Å². The van der Waals surface area contributed by atoms with Gasteiger partial charge in [-0.25, -0.2) is 0 Å². The third kappa shape index (κ3) is 1.76. The van der Waals surface area contributed by atoms with Crippen molar-refractivity contribution in [3.8, 4) is 0 Å². The van der Waals surface area contributed by atoms with Crippen molar-refractivity contribution in [3.05, 3.63) is 47.0 Å². The minimum absolute atomic E-state index is 0.169. The number of aliphatic imine (C=N–C) groups is 1. The first-order valence-corrected chi connectivity index (χ1v) is 6.66. The van der Waals surface area contributed by atoms with Gasteiger partial charge in [0, 0.05) is 21.3 Å². The maximum Gasteiger partial charge on any atom is 0.0981 e. The van der Waals surface area contributed by atoms with Gasteiger partial charge in [-0.05, 0) is 23.9 Å². The lowest BCUT2D eigenvalue weighted by Crippen LogP contribution is -2.09. The Morgan fingerprint density at radius 1 is 1.35 bits per heavy atom. The fraction of sp³-hybridized carbons (Fsp3) is 0.214. The van der Waals surface area contributed by atoms with Gasteiger partial charge < -0.3 is 5.32 Å². The van der Waals surface area contributed by atoms with Crippen molar-refractivity contribution in [1.29, 1.82) is 0 Å². The Morgan fingerprint density at radius 2 is 2.24 bits per heavy atom. The zero-order chi connectivity index (χ0) is 11.7. The molecule has 2 heterocycles. The third-order valence-electron chi connectivity index (χ3n) is 3.01. The van der Waals surface area contributed by atoms with Crippen molar-refractivity contribution in [2.45, 2.75) is 19.4 Å². The van der Waals surface area contributed by atoms with E-state index in [2.05, 4.69) is 47.6 Å². The summed E-state index contributed by atoms with van der Waals surface area (Å²) < 4.78 is 1.36. The van der Waals surface area contributed by atoms with Crippen molar-refractivity contribution < 1.29 is 0 Å². The number of hydrogen-bond donors (Lipinski definition) is 1. The van der Waals surface area contributed by atoms with Crippen LogP contribution in [0.4, 0.5) is 0 Å². The molecule has 3 rings (SSSR count). The first-order chi connectivity index (χ1) is 8.40. The topological polar surface area (TPSA) is 24.4 Å². The lowest BCUT2D eigenvalue weighted by Gasteiger charge is -2.12. The molecule has 86 valence electrons. The van der Waals surface area contributed by atoms with E-state index in [0.717, 1.165) is 6.42 Å². The van der Waals surface area contributed by atoms with E-state index in [-0.39, 0.29) is 6.04 Å². The number of aryl methyl sites for hydroxylation is 1. The lowest BCUT2D eigenvalue weighted by molar-refractivity contribution is 0.880. The van der Waals surface area contributed by atoms with E-state index < -0.39 is 0 Å². The molecular weight excluding hydrogens is 228 g/mol. The molecule has 1 aromatic carbocycles. The van der Waals surface area contributed by atoms with E-state index >= 15 is 0 Å². The summed E-state index contributed by atoms with van der Waals surface area (Å²) in [6.07, 6.45) is 6.93. The Bertz CT molecular complexity index is 583.